The largest absolute Gasteiger partial charge is 0.493 e. The van der Waals surface area contributed by atoms with Gasteiger partial charge in [-0.3, -0.25) is 0 Å². The van der Waals surface area contributed by atoms with E-state index in [4.69, 9.17) is 14.5 Å². The van der Waals surface area contributed by atoms with Crippen LogP contribution in [-0.2, 0) is 11.2 Å². The molecule has 1 aromatic carbocycles. The topological polar surface area (TPSA) is 72.5 Å². The molecule has 2 atom stereocenters. The Labute approximate surface area is 163 Å². The van der Waals surface area contributed by atoms with E-state index in [0.29, 0.717) is 6.61 Å². The predicted molar refractivity (Wildman–Crippen MR) is 109 cm³/mol. The van der Waals surface area contributed by atoms with E-state index in [1.165, 1.54) is 0 Å². The van der Waals surface area contributed by atoms with Crippen molar-refractivity contribution in [3.05, 3.63) is 17.7 Å². The van der Waals surface area contributed by atoms with Gasteiger partial charge in [0.05, 0.1) is 22.9 Å². The number of hydrogen-bond acceptors (Lipinski definition) is 6. The van der Waals surface area contributed by atoms with Crippen molar-refractivity contribution in [2.24, 2.45) is 0 Å². The molecule has 3 rings (SSSR count). The molecule has 0 fully saturated rings. The Morgan fingerprint density at radius 3 is 2.89 bits per heavy atom. The van der Waals surface area contributed by atoms with Crippen LogP contribution in [0.1, 0.15) is 40.2 Å². The molecule has 0 radical (unpaired) electrons. The van der Waals surface area contributed by atoms with Crippen LogP contribution < -0.4 is 15.4 Å². The molecule has 7 heteroatoms. The minimum atomic E-state index is -0.543. The monoisotopic (exact) mass is 387 g/mol. The van der Waals surface area contributed by atoms with Crippen LogP contribution in [0.3, 0.4) is 0 Å². The molecule has 1 amide bonds. The second-order valence-electron chi connectivity index (χ2n) is 7.46. The highest BCUT2D eigenvalue weighted by atomic mass is 32.1. The maximum atomic E-state index is 12.1. The van der Waals surface area contributed by atoms with Gasteiger partial charge in [-0.25, -0.2) is 9.78 Å². The molecule has 0 saturated heterocycles. The van der Waals surface area contributed by atoms with Crippen molar-refractivity contribution in [2.75, 3.05) is 11.9 Å². The van der Waals surface area contributed by atoms with Gasteiger partial charge in [-0.05, 0) is 46.8 Å². The van der Waals surface area contributed by atoms with E-state index >= 15 is 0 Å². The Balaban J connectivity index is 1.75. The first-order valence-electron chi connectivity index (χ1n) is 9.00. The number of anilines is 1. The fraction of sp³-hybridized carbons (Fsp3) is 0.500. The zero-order chi connectivity index (χ0) is 19.6. The standard InChI is InChI=1S/C20H25N3O3S/c1-6-7-14(12(2)21-19(24)26-20(3,4)5)22-18-23-17-13-10-11-25-15(13)8-9-16(17)27-18/h8-9,12,14H,10-11H2,1-5H3,(H,21,24)(H,22,23)/t12-,14?/m0/s1. The summed E-state index contributed by atoms with van der Waals surface area (Å²) in [5.74, 6) is 6.95. The Morgan fingerprint density at radius 2 is 2.19 bits per heavy atom. The molecule has 0 aliphatic carbocycles. The quantitative estimate of drug-likeness (QED) is 0.777. The van der Waals surface area contributed by atoms with Crippen LogP contribution in [0.2, 0.25) is 0 Å². The highest BCUT2D eigenvalue weighted by Gasteiger charge is 2.23. The van der Waals surface area contributed by atoms with E-state index in [0.717, 1.165) is 33.1 Å². The molecule has 1 aromatic heterocycles. The number of nitrogens with one attached hydrogen (secondary N) is 2. The molecular weight excluding hydrogens is 362 g/mol. The molecule has 1 unspecified atom stereocenters. The van der Waals surface area contributed by atoms with Crippen molar-refractivity contribution in [3.63, 3.8) is 0 Å². The molecule has 1 aliphatic heterocycles. The van der Waals surface area contributed by atoms with Crippen LogP contribution >= 0.6 is 11.3 Å². The van der Waals surface area contributed by atoms with Crippen LogP contribution in [0, 0.1) is 11.8 Å². The second-order valence-corrected chi connectivity index (χ2v) is 8.49. The van der Waals surface area contributed by atoms with Crippen molar-refractivity contribution >= 4 is 32.8 Å². The number of thiazole rings is 1. The van der Waals surface area contributed by atoms with E-state index in [1.54, 1.807) is 18.3 Å². The van der Waals surface area contributed by atoms with Crippen molar-refractivity contribution in [1.29, 1.82) is 0 Å². The molecule has 0 spiro atoms. The predicted octanol–water partition coefficient (Wildman–Crippen LogP) is 3.95. The van der Waals surface area contributed by atoms with E-state index < -0.39 is 11.7 Å². The number of hydrogen-bond donors (Lipinski definition) is 2. The maximum Gasteiger partial charge on any atom is 0.407 e. The molecule has 2 heterocycles. The lowest BCUT2D eigenvalue weighted by Gasteiger charge is -2.24. The van der Waals surface area contributed by atoms with Crippen LogP contribution in [0.15, 0.2) is 12.1 Å². The minimum Gasteiger partial charge on any atom is -0.493 e. The van der Waals surface area contributed by atoms with E-state index in [9.17, 15) is 4.79 Å². The summed E-state index contributed by atoms with van der Waals surface area (Å²) in [6, 6.07) is 3.49. The fourth-order valence-corrected chi connectivity index (χ4v) is 3.82. The Hall–Kier alpha value is -2.46. The lowest BCUT2D eigenvalue weighted by Crippen LogP contribution is -2.46. The first-order valence-corrected chi connectivity index (χ1v) is 9.82. The third-order valence-electron chi connectivity index (χ3n) is 4.06. The van der Waals surface area contributed by atoms with Gasteiger partial charge < -0.3 is 20.1 Å². The van der Waals surface area contributed by atoms with Gasteiger partial charge in [-0.15, -0.1) is 5.92 Å². The molecule has 1 aliphatic rings. The number of rotatable bonds is 4. The molecule has 0 bridgehead atoms. The number of carbonyl (C=O) groups is 1. The van der Waals surface area contributed by atoms with Gasteiger partial charge in [0.1, 0.15) is 17.4 Å². The molecule has 2 N–H and O–H groups in total. The van der Waals surface area contributed by atoms with Gasteiger partial charge in [0.2, 0.25) is 0 Å². The molecule has 2 aromatic rings. The van der Waals surface area contributed by atoms with E-state index in [2.05, 4.69) is 22.5 Å². The summed E-state index contributed by atoms with van der Waals surface area (Å²) in [6.07, 6.45) is 0.420. The SMILES string of the molecule is CC#CC(Nc1nc2c3c(ccc2s1)OCC3)[C@H](C)NC(=O)OC(C)(C)C. The van der Waals surface area contributed by atoms with E-state index in [-0.39, 0.29) is 12.1 Å². The van der Waals surface area contributed by atoms with Crippen LogP contribution in [0.4, 0.5) is 9.93 Å². The summed E-state index contributed by atoms with van der Waals surface area (Å²) < 4.78 is 12.1. The van der Waals surface area contributed by atoms with Crippen molar-refractivity contribution in [2.45, 2.75) is 58.7 Å². The summed E-state index contributed by atoms with van der Waals surface area (Å²) in [5.41, 5.74) is 1.60. The first kappa shape index (κ1) is 19.3. The van der Waals surface area contributed by atoms with Crippen LogP contribution in [0.5, 0.6) is 5.75 Å². The minimum absolute atomic E-state index is 0.256. The van der Waals surface area contributed by atoms with Crippen molar-refractivity contribution in [3.8, 4) is 17.6 Å². The number of carbonyl (C=O) groups excluding carboxylic acids is 1. The van der Waals surface area contributed by atoms with Gasteiger partial charge in [0.25, 0.3) is 0 Å². The lowest BCUT2D eigenvalue weighted by atomic mass is 10.1. The lowest BCUT2D eigenvalue weighted by molar-refractivity contribution is 0.0507. The van der Waals surface area contributed by atoms with Gasteiger partial charge in [-0.1, -0.05) is 17.3 Å². The highest BCUT2D eigenvalue weighted by Crippen LogP contribution is 2.36. The summed E-state index contributed by atoms with van der Waals surface area (Å²) >= 11 is 1.57. The maximum absolute atomic E-state index is 12.1. The second kappa shape index (κ2) is 7.65. The number of benzene rings is 1. The highest BCUT2D eigenvalue weighted by molar-refractivity contribution is 7.22. The number of aromatic nitrogens is 1. The van der Waals surface area contributed by atoms with Crippen LogP contribution in [0.25, 0.3) is 10.2 Å². The Morgan fingerprint density at radius 1 is 1.41 bits per heavy atom. The number of alkyl carbamates (subject to hydrolysis) is 1. The molecule has 144 valence electrons. The molecule has 6 nitrogen and oxygen atoms in total. The summed E-state index contributed by atoms with van der Waals surface area (Å²) in [7, 11) is 0. The van der Waals surface area contributed by atoms with Crippen molar-refractivity contribution < 1.29 is 14.3 Å². The van der Waals surface area contributed by atoms with Gasteiger partial charge in [-0.2, -0.15) is 0 Å². The smallest absolute Gasteiger partial charge is 0.407 e. The van der Waals surface area contributed by atoms with Crippen molar-refractivity contribution in [1.82, 2.24) is 10.3 Å². The Bertz CT molecular complexity index is 905. The fourth-order valence-electron chi connectivity index (χ4n) is 2.88. The normalized spacial score (nSPS) is 15.1. The van der Waals surface area contributed by atoms with Gasteiger partial charge in [0.15, 0.2) is 5.13 Å². The number of fused-ring (bicyclic) bond motifs is 3. The zero-order valence-corrected chi connectivity index (χ0v) is 17.1. The summed E-state index contributed by atoms with van der Waals surface area (Å²) in [5, 5.41) is 6.97. The molecule has 0 saturated carbocycles. The van der Waals surface area contributed by atoms with Gasteiger partial charge in [0, 0.05) is 12.0 Å². The van der Waals surface area contributed by atoms with Gasteiger partial charge >= 0.3 is 6.09 Å². The Kier molecular flexibility index (Phi) is 5.47. The van der Waals surface area contributed by atoms with Crippen LogP contribution in [-0.4, -0.2) is 35.4 Å². The third kappa shape index (κ3) is 4.64. The third-order valence-corrected chi connectivity index (χ3v) is 5.01. The summed E-state index contributed by atoms with van der Waals surface area (Å²) in [4.78, 5) is 16.8. The average Bonchev–Trinajstić information content (AvgIpc) is 3.17. The first-order chi connectivity index (χ1) is 12.8. The van der Waals surface area contributed by atoms with E-state index in [1.807, 2.05) is 39.8 Å². The number of amides is 1. The number of nitrogens with zero attached hydrogens (tertiary/aromatic N) is 1. The summed E-state index contributed by atoms with van der Waals surface area (Å²) in [6.45, 7) is 9.88. The molecule has 27 heavy (non-hydrogen) atoms. The average molecular weight is 388 g/mol. The number of ether oxygens (including phenoxy) is 2. The molecular formula is C20H25N3O3S. The zero-order valence-electron chi connectivity index (χ0n) is 16.3.